The molecule has 1 aromatic rings. The molecule has 7 heteroatoms. The Morgan fingerprint density at radius 2 is 1.79 bits per heavy atom. The molecular weight excluding hydrogens is 209 g/mol. The van der Waals surface area contributed by atoms with Crippen molar-refractivity contribution in [2.24, 2.45) is 0 Å². The van der Waals surface area contributed by atoms with Crippen LogP contribution in [0, 0.1) is 0 Å². The summed E-state index contributed by atoms with van der Waals surface area (Å²) in [6, 6.07) is 0. The van der Waals surface area contributed by atoms with E-state index in [2.05, 4.69) is 0 Å². The molecule has 4 N–H and O–H groups in total. The van der Waals surface area contributed by atoms with E-state index >= 15 is 0 Å². The van der Waals surface area contributed by atoms with Crippen LogP contribution in [0.3, 0.4) is 0 Å². The van der Waals surface area contributed by atoms with Crippen LogP contribution in [-0.2, 0) is 11.0 Å². The Morgan fingerprint density at radius 3 is 2.21 bits per heavy atom. The van der Waals surface area contributed by atoms with Crippen molar-refractivity contribution in [3.63, 3.8) is 0 Å². The van der Waals surface area contributed by atoms with Gasteiger partial charge in [-0.15, -0.1) is 0 Å². The molecule has 0 aliphatic rings. The van der Waals surface area contributed by atoms with E-state index in [0.29, 0.717) is 0 Å². The van der Waals surface area contributed by atoms with Crippen LogP contribution in [0.15, 0.2) is 9.59 Å². The third kappa shape index (κ3) is 2.29. The van der Waals surface area contributed by atoms with Crippen LogP contribution in [0.2, 0.25) is 0 Å². The predicted molar refractivity (Wildman–Crippen MR) is 51.0 cm³/mol. The summed E-state index contributed by atoms with van der Waals surface area (Å²) in [5.74, 6) is 0. The number of hydrogen-bond donors (Lipinski definition) is 3. The lowest BCUT2D eigenvalue weighted by Gasteiger charge is -2.06. The summed E-state index contributed by atoms with van der Waals surface area (Å²) >= 11 is 0. The Balaban J connectivity index is 2.53. The molecule has 1 rings (SSSR count). The van der Waals surface area contributed by atoms with Crippen LogP contribution in [0.4, 0.5) is 5.69 Å². The molecule has 0 aromatic heterocycles. The van der Waals surface area contributed by atoms with Gasteiger partial charge in [-0.3, -0.25) is 14.2 Å². The average Bonchev–Trinajstić information content (AvgIpc) is 2.09. The topological polar surface area (TPSA) is 118 Å². The maximum Gasteiger partial charge on any atom is 0.325 e. The highest BCUT2D eigenvalue weighted by Gasteiger charge is 2.19. The maximum atomic E-state index is 10.8. The smallest absolute Gasteiger partial charge is 0.325 e. The third-order valence-corrected chi connectivity index (χ3v) is 2.83. The van der Waals surface area contributed by atoms with E-state index in [4.69, 9.17) is 15.5 Å². The minimum Gasteiger partial charge on any atom is -0.395 e. The molecule has 6 nitrogen and oxygen atoms in total. The molecule has 78 valence electrons. The summed E-state index contributed by atoms with van der Waals surface area (Å²) in [5.41, 5.74) is 4.02. The first-order valence-electron chi connectivity index (χ1n) is 3.95. The number of anilines is 1. The van der Waals surface area contributed by atoms with Gasteiger partial charge in [0, 0.05) is 5.56 Å². The summed E-state index contributed by atoms with van der Waals surface area (Å²) < 4.78 is 10.4. The molecule has 0 atom stereocenters. The van der Waals surface area contributed by atoms with E-state index in [1.165, 1.54) is 0 Å². The van der Waals surface area contributed by atoms with Gasteiger partial charge in [0.1, 0.15) is 0 Å². The fraction of sp³-hybridized carbons (Fsp3) is 0.429. The monoisotopic (exact) mass is 219 g/mol. The van der Waals surface area contributed by atoms with E-state index in [1.54, 1.807) is 0 Å². The summed E-state index contributed by atoms with van der Waals surface area (Å²) in [6.07, 6.45) is 0.00605. The summed E-state index contributed by atoms with van der Waals surface area (Å²) in [4.78, 5) is 38.5. The van der Waals surface area contributed by atoms with Gasteiger partial charge < -0.3 is 15.5 Å². The summed E-state index contributed by atoms with van der Waals surface area (Å²) in [5, 5.41) is 0. The Bertz CT molecular complexity index is 453. The van der Waals surface area contributed by atoms with E-state index in [0.717, 1.165) is 0 Å². The molecular formula is C7H10NO5P. The second-order valence-corrected chi connectivity index (χ2v) is 4.82. The fourth-order valence-electron chi connectivity index (χ4n) is 1.17. The SMILES string of the molecule is Nc1c(CCCP(=O)(O)O)c(=O)c1=O. The van der Waals surface area contributed by atoms with Gasteiger partial charge in [0.05, 0.1) is 11.8 Å². The van der Waals surface area contributed by atoms with Gasteiger partial charge in [0.25, 0.3) is 0 Å². The van der Waals surface area contributed by atoms with E-state index in [9.17, 15) is 14.2 Å². The molecule has 0 saturated heterocycles. The number of nitrogens with two attached hydrogens (primary N) is 1. The molecule has 1 aromatic carbocycles. The lowest BCUT2D eigenvalue weighted by Crippen LogP contribution is -2.38. The maximum absolute atomic E-state index is 10.8. The standard InChI is InChI=1S/C7H10NO5P/c8-5-4(6(9)7(5)10)2-1-3-14(11,12)13/h1-3,8H2,(H2,11,12,13). The first-order chi connectivity index (χ1) is 6.33. The van der Waals surface area contributed by atoms with Crippen LogP contribution >= 0.6 is 7.60 Å². The largest absolute Gasteiger partial charge is 0.395 e. The lowest BCUT2D eigenvalue weighted by atomic mass is 10.0. The van der Waals surface area contributed by atoms with Gasteiger partial charge >= 0.3 is 7.60 Å². The van der Waals surface area contributed by atoms with Crippen molar-refractivity contribution in [1.29, 1.82) is 0 Å². The Kier molecular flexibility index (Phi) is 2.89. The first-order valence-corrected chi connectivity index (χ1v) is 5.75. The molecule has 0 aliphatic carbocycles. The predicted octanol–water partition coefficient (Wildman–Crippen LogP) is -1.02. The summed E-state index contributed by atoms with van der Waals surface area (Å²) in [6.45, 7) is 0. The second-order valence-electron chi connectivity index (χ2n) is 3.04. The van der Waals surface area contributed by atoms with Gasteiger partial charge in [0.2, 0.25) is 10.9 Å². The molecule has 0 spiro atoms. The average molecular weight is 219 g/mol. The van der Waals surface area contributed by atoms with Gasteiger partial charge in [-0.25, -0.2) is 0 Å². The van der Waals surface area contributed by atoms with Crippen molar-refractivity contribution in [2.45, 2.75) is 12.8 Å². The van der Waals surface area contributed by atoms with Crippen molar-refractivity contribution >= 4 is 13.3 Å². The fourth-order valence-corrected chi connectivity index (χ4v) is 1.74. The molecule has 0 bridgehead atoms. The molecule has 0 fully saturated rings. The van der Waals surface area contributed by atoms with Crippen molar-refractivity contribution in [2.75, 3.05) is 11.9 Å². The molecule has 0 amide bonds. The van der Waals surface area contributed by atoms with Crippen molar-refractivity contribution in [1.82, 2.24) is 0 Å². The van der Waals surface area contributed by atoms with Crippen LogP contribution < -0.4 is 16.6 Å². The number of hydrogen-bond acceptors (Lipinski definition) is 4. The highest BCUT2D eigenvalue weighted by molar-refractivity contribution is 7.51. The Morgan fingerprint density at radius 1 is 1.21 bits per heavy atom. The van der Waals surface area contributed by atoms with E-state index < -0.39 is 18.5 Å². The third-order valence-electron chi connectivity index (χ3n) is 1.93. The van der Waals surface area contributed by atoms with Gasteiger partial charge in [-0.05, 0) is 12.8 Å². The zero-order valence-corrected chi connectivity index (χ0v) is 8.16. The molecule has 0 saturated carbocycles. The highest BCUT2D eigenvalue weighted by atomic mass is 31.2. The molecule has 0 unspecified atom stereocenters. The van der Waals surface area contributed by atoms with Crippen LogP contribution in [-0.4, -0.2) is 15.9 Å². The van der Waals surface area contributed by atoms with E-state index in [1.807, 2.05) is 0 Å². The van der Waals surface area contributed by atoms with Crippen molar-refractivity contribution in [3.05, 3.63) is 26.0 Å². The zero-order chi connectivity index (χ0) is 10.9. The second kappa shape index (κ2) is 3.65. The Labute approximate surface area is 79.2 Å². The summed E-state index contributed by atoms with van der Waals surface area (Å²) in [7, 11) is -4.02. The van der Waals surface area contributed by atoms with Crippen LogP contribution in [0.5, 0.6) is 0 Å². The van der Waals surface area contributed by atoms with Crippen LogP contribution in [0.25, 0.3) is 0 Å². The van der Waals surface area contributed by atoms with Gasteiger partial charge in [-0.2, -0.15) is 0 Å². The van der Waals surface area contributed by atoms with Gasteiger partial charge in [0.15, 0.2) is 0 Å². The van der Waals surface area contributed by atoms with Crippen LogP contribution in [0.1, 0.15) is 12.0 Å². The van der Waals surface area contributed by atoms with Crippen molar-refractivity contribution < 1.29 is 14.4 Å². The molecule has 0 heterocycles. The van der Waals surface area contributed by atoms with Crippen molar-refractivity contribution in [3.8, 4) is 0 Å². The molecule has 14 heavy (non-hydrogen) atoms. The minimum absolute atomic E-state index is 0.0688. The number of nitrogen functional groups attached to an aromatic ring is 1. The number of rotatable bonds is 4. The zero-order valence-electron chi connectivity index (χ0n) is 7.27. The quantitative estimate of drug-likeness (QED) is 0.440. The normalized spacial score (nSPS) is 12.1. The molecule has 0 radical (unpaired) electrons. The highest BCUT2D eigenvalue weighted by Crippen LogP contribution is 2.35. The van der Waals surface area contributed by atoms with Gasteiger partial charge in [-0.1, -0.05) is 0 Å². The first kappa shape index (κ1) is 11.1. The molecule has 0 aliphatic heterocycles. The minimum atomic E-state index is -4.02. The Hall–Kier alpha value is -0.970. The van der Waals surface area contributed by atoms with E-state index in [-0.39, 0.29) is 30.3 Å². The lowest BCUT2D eigenvalue weighted by molar-refractivity contribution is 0.371.